The van der Waals surface area contributed by atoms with Crippen LogP contribution < -0.4 is 5.32 Å². The van der Waals surface area contributed by atoms with Crippen LogP contribution in [0.2, 0.25) is 0 Å². The van der Waals surface area contributed by atoms with E-state index < -0.39 is 17.7 Å². The standard InChI is InChI=1S/C14H9BrFNO3/c15-11-6-5-8(7-12(11)16)17-13(18)9-3-1-2-4-10(9)14(19)20/h1-7H,(H,17,18)(H,19,20). The number of aromatic carboxylic acids is 1. The maximum Gasteiger partial charge on any atom is 0.336 e. The van der Waals surface area contributed by atoms with Crippen LogP contribution in [-0.4, -0.2) is 17.0 Å². The predicted octanol–water partition coefficient (Wildman–Crippen LogP) is 3.54. The van der Waals surface area contributed by atoms with Gasteiger partial charge in [-0.3, -0.25) is 4.79 Å². The summed E-state index contributed by atoms with van der Waals surface area (Å²) in [6, 6.07) is 9.92. The number of hydrogen-bond donors (Lipinski definition) is 2. The van der Waals surface area contributed by atoms with Gasteiger partial charge in [-0.05, 0) is 46.3 Å². The number of carboxylic acids is 1. The van der Waals surface area contributed by atoms with Crippen molar-refractivity contribution in [3.63, 3.8) is 0 Å². The maximum atomic E-state index is 13.3. The normalized spacial score (nSPS) is 10.1. The van der Waals surface area contributed by atoms with Crippen LogP contribution in [0.4, 0.5) is 10.1 Å². The van der Waals surface area contributed by atoms with Crippen molar-refractivity contribution in [2.75, 3.05) is 5.32 Å². The van der Waals surface area contributed by atoms with E-state index in [0.717, 1.165) is 6.07 Å². The van der Waals surface area contributed by atoms with E-state index in [2.05, 4.69) is 21.2 Å². The van der Waals surface area contributed by atoms with E-state index in [1.807, 2.05) is 0 Å². The van der Waals surface area contributed by atoms with Crippen molar-refractivity contribution in [2.45, 2.75) is 0 Å². The van der Waals surface area contributed by atoms with E-state index in [-0.39, 0.29) is 21.3 Å². The predicted molar refractivity (Wildman–Crippen MR) is 75.5 cm³/mol. The first-order valence-electron chi connectivity index (χ1n) is 5.58. The largest absolute Gasteiger partial charge is 0.478 e. The lowest BCUT2D eigenvalue weighted by atomic mass is 10.1. The molecular weight excluding hydrogens is 329 g/mol. The fraction of sp³-hybridized carbons (Fsp3) is 0. The Morgan fingerprint density at radius 2 is 1.75 bits per heavy atom. The second-order valence-corrected chi connectivity index (χ2v) is 4.79. The third-order valence-corrected chi connectivity index (χ3v) is 3.22. The van der Waals surface area contributed by atoms with Crippen molar-refractivity contribution in [1.29, 1.82) is 0 Å². The van der Waals surface area contributed by atoms with Gasteiger partial charge in [0.1, 0.15) is 5.82 Å². The lowest BCUT2D eigenvalue weighted by molar-refractivity contribution is 0.0692. The summed E-state index contributed by atoms with van der Waals surface area (Å²) in [5.41, 5.74) is 0.154. The SMILES string of the molecule is O=C(O)c1ccccc1C(=O)Nc1ccc(Br)c(F)c1. The Balaban J connectivity index is 2.28. The summed E-state index contributed by atoms with van der Waals surface area (Å²) in [5, 5.41) is 11.5. The summed E-state index contributed by atoms with van der Waals surface area (Å²) < 4.78 is 13.6. The third kappa shape index (κ3) is 3.03. The highest BCUT2D eigenvalue weighted by molar-refractivity contribution is 9.10. The molecule has 0 aliphatic carbocycles. The van der Waals surface area contributed by atoms with E-state index >= 15 is 0 Å². The van der Waals surface area contributed by atoms with E-state index in [1.54, 1.807) is 6.07 Å². The Hall–Kier alpha value is -2.21. The second kappa shape index (κ2) is 5.83. The summed E-state index contributed by atoms with van der Waals surface area (Å²) >= 11 is 3.01. The molecular formula is C14H9BrFNO3. The molecule has 102 valence electrons. The Labute approximate surface area is 122 Å². The quantitative estimate of drug-likeness (QED) is 0.900. The van der Waals surface area contributed by atoms with Crippen LogP contribution in [0.1, 0.15) is 20.7 Å². The highest BCUT2D eigenvalue weighted by Gasteiger charge is 2.16. The Bertz CT molecular complexity index is 688. The fourth-order valence-electron chi connectivity index (χ4n) is 1.64. The van der Waals surface area contributed by atoms with Crippen molar-refractivity contribution in [3.8, 4) is 0 Å². The lowest BCUT2D eigenvalue weighted by Crippen LogP contribution is -2.16. The van der Waals surface area contributed by atoms with Gasteiger partial charge >= 0.3 is 5.97 Å². The fourth-order valence-corrected chi connectivity index (χ4v) is 1.89. The van der Waals surface area contributed by atoms with Crippen LogP contribution >= 0.6 is 15.9 Å². The van der Waals surface area contributed by atoms with Crippen LogP contribution in [0.25, 0.3) is 0 Å². The number of rotatable bonds is 3. The molecule has 0 saturated heterocycles. The summed E-state index contributed by atoms with van der Waals surface area (Å²) in [6.45, 7) is 0. The van der Waals surface area contributed by atoms with Gasteiger partial charge in [0.15, 0.2) is 0 Å². The molecule has 0 unspecified atom stereocenters. The van der Waals surface area contributed by atoms with Crippen molar-refractivity contribution in [3.05, 3.63) is 63.9 Å². The number of carboxylic acid groups (broad SMARTS) is 1. The molecule has 0 radical (unpaired) electrons. The topological polar surface area (TPSA) is 66.4 Å². The van der Waals surface area contributed by atoms with Gasteiger partial charge in [-0.15, -0.1) is 0 Å². The number of carbonyl (C=O) groups excluding carboxylic acids is 1. The van der Waals surface area contributed by atoms with Crippen LogP contribution in [0.15, 0.2) is 46.9 Å². The number of carbonyl (C=O) groups is 2. The summed E-state index contributed by atoms with van der Waals surface area (Å²) in [6.07, 6.45) is 0. The zero-order chi connectivity index (χ0) is 14.7. The summed E-state index contributed by atoms with van der Waals surface area (Å²) in [4.78, 5) is 23.1. The maximum absolute atomic E-state index is 13.3. The zero-order valence-electron chi connectivity index (χ0n) is 10.1. The van der Waals surface area contributed by atoms with Gasteiger partial charge in [-0.2, -0.15) is 0 Å². The van der Waals surface area contributed by atoms with Crippen LogP contribution in [-0.2, 0) is 0 Å². The van der Waals surface area contributed by atoms with Crippen molar-refractivity contribution < 1.29 is 19.1 Å². The highest BCUT2D eigenvalue weighted by atomic mass is 79.9. The van der Waals surface area contributed by atoms with Gasteiger partial charge in [0, 0.05) is 5.69 Å². The minimum atomic E-state index is -1.20. The average molecular weight is 338 g/mol. The molecule has 2 N–H and O–H groups in total. The number of halogens is 2. The van der Waals surface area contributed by atoms with Crippen LogP contribution in [0.3, 0.4) is 0 Å². The molecule has 2 aromatic rings. The first-order valence-corrected chi connectivity index (χ1v) is 6.37. The average Bonchev–Trinajstić information content (AvgIpc) is 2.43. The summed E-state index contributed by atoms with van der Waals surface area (Å²) in [7, 11) is 0. The number of nitrogens with one attached hydrogen (secondary N) is 1. The minimum Gasteiger partial charge on any atom is -0.478 e. The van der Waals surface area contributed by atoms with Crippen molar-refractivity contribution in [1.82, 2.24) is 0 Å². The molecule has 4 nitrogen and oxygen atoms in total. The zero-order valence-corrected chi connectivity index (χ0v) is 11.6. The Morgan fingerprint density at radius 3 is 2.35 bits per heavy atom. The van der Waals surface area contributed by atoms with Gasteiger partial charge in [0.05, 0.1) is 15.6 Å². The monoisotopic (exact) mass is 337 g/mol. The molecule has 0 spiro atoms. The molecule has 0 saturated carbocycles. The number of benzene rings is 2. The van der Waals surface area contributed by atoms with Crippen molar-refractivity contribution in [2.24, 2.45) is 0 Å². The smallest absolute Gasteiger partial charge is 0.336 e. The van der Waals surface area contributed by atoms with Gasteiger partial charge in [0.2, 0.25) is 0 Å². The number of hydrogen-bond acceptors (Lipinski definition) is 2. The minimum absolute atomic E-state index is 0.0170. The van der Waals surface area contributed by atoms with Crippen LogP contribution in [0.5, 0.6) is 0 Å². The molecule has 0 heterocycles. The molecule has 0 aliphatic heterocycles. The van der Waals surface area contributed by atoms with Crippen molar-refractivity contribution >= 4 is 33.5 Å². The van der Waals surface area contributed by atoms with E-state index in [0.29, 0.717) is 0 Å². The molecule has 20 heavy (non-hydrogen) atoms. The first-order chi connectivity index (χ1) is 9.49. The van der Waals surface area contributed by atoms with Gasteiger partial charge < -0.3 is 10.4 Å². The van der Waals surface area contributed by atoms with Gasteiger partial charge in [0.25, 0.3) is 5.91 Å². The van der Waals surface area contributed by atoms with E-state index in [1.165, 1.54) is 30.3 Å². The van der Waals surface area contributed by atoms with Crippen LogP contribution in [0, 0.1) is 5.82 Å². The Morgan fingerprint density at radius 1 is 1.10 bits per heavy atom. The molecule has 0 aromatic heterocycles. The lowest BCUT2D eigenvalue weighted by Gasteiger charge is -2.08. The number of anilines is 1. The molecule has 0 fully saturated rings. The molecule has 0 aliphatic rings. The molecule has 0 atom stereocenters. The van der Waals surface area contributed by atoms with Gasteiger partial charge in [-0.25, -0.2) is 9.18 Å². The molecule has 0 bridgehead atoms. The second-order valence-electron chi connectivity index (χ2n) is 3.93. The highest BCUT2D eigenvalue weighted by Crippen LogP contribution is 2.20. The first kappa shape index (κ1) is 14.2. The summed E-state index contributed by atoms with van der Waals surface area (Å²) in [5.74, 6) is -2.32. The third-order valence-electron chi connectivity index (χ3n) is 2.58. The van der Waals surface area contributed by atoms with E-state index in [4.69, 9.17) is 5.11 Å². The Kier molecular flexibility index (Phi) is 4.14. The van der Waals surface area contributed by atoms with E-state index in [9.17, 15) is 14.0 Å². The molecule has 1 amide bonds. The molecule has 6 heteroatoms. The molecule has 2 rings (SSSR count). The molecule has 2 aromatic carbocycles. The number of amides is 1. The van der Waals surface area contributed by atoms with Gasteiger partial charge in [-0.1, -0.05) is 12.1 Å².